The summed E-state index contributed by atoms with van der Waals surface area (Å²) < 4.78 is 10.1. The third kappa shape index (κ3) is 2.08. The maximum atomic E-state index is 11.9. The van der Waals surface area contributed by atoms with Gasteiger partial charge in [0.25, 0.3) is 0 Å². The molecule has 1 aliphatic rings. The van der Waals surface area contributed by atoms with Gasteiger partial charge in [-0.15, -0.1) is 0 Å². The van der Waals surface area contributed by atoms with Crippen LogP contribution in [0.15, 0.2) is 18.2 Å². The average molecular weight is 250 g/mol. The van der Waals surface area contributed by atoms with Gasteiger partial charge in [-0.2, -0.15) is 0 Å². The zero-order valence-electron chi connectivity index (χ0n) is 10.7. The predicted octanol–water partition coefficient (Wildman–Crippen LogP) is 1.78. The van der Waals surface area contributed by atoms with Crippen molar-refractivity contribution < 1.29 is 19.4 Å². The first-order valence-electron chi connectivity index (χ1n) is 6.19. The van der Waals surface area contributed by atoms with E-state index in [1.807, 2.05) is 6.07 Å². The van der Waals surface area contributed by atoms with E-state index >= 15 is 0 Å². The second-order valence-corrected chi connectivity index (χ2v) is 4.46. The van der Waals surface area contributed by atoms with E-state index in [1.54, 1.807) is 26.2 Å². The highest BCUT2D eigenvalue weighted by Gasteiger charge is 2.42. The Labute approximate surface area is 107 Å². The Bertz CT molecular complexity index is 455. The van der Waals surface area contributed by atoms with Gasteiger partial charge < -0.3 is 14.6 Å². The zero-order valence-corrected chi connectivity index (χ0v) is 10.7. The summed E-state index contributed by atoms with van der Waals surface area (Å²) in [5, 5.41) is 10.6. The summed E-state index contributed by atoms with van der Waals surface area (Å²) in [5.41, 5.74) is 0.0970. The van der Waals surface area contributed by atoms with Crippen molar-refractivity contribution in [2.75, 3.05) is 13.7 Å². The molecule has 0 fully saturated rings. The third-order valence-corrected chi connectivity index (χ3v) is 3.36. The molecule has 4 heteroatoms. The van der Waals surface area contributed by atoms with E-state index in [0.29, 0.717) is 12.0 Å². The molecule has 2 rings (SSSR count). The molecular weight excluding hydrogens is 232 g/mol. The van der Waals surface area contributed by atoms with Crippen molar-refractivity contribution in [3.8, 4) is 5.75 Å². The van der Waals surface area contributed by atoms with Crippen LogP contribution >= 0.6 is 0 Å². The Kier molecular flexibility index (Phi) is 3.57. The molecule has 98 valence electrons. The van der Waals surface area contributed by atoms with Crippen LogP contribution < -0.4 is 4.74 Å². The van der Waals surface area contributed by atoms with Crippen LogP contribution in [0.5, 0.6) is 5.75 Å². The SMILES string of the molecule is CCOC(=O)C1(O)CCCc2cc(OC)ccc21. The largest absolute Gasteiger partial charge is 0.497 e. The van der Waals surface area contributed by atoms with Crippen LogP contribution in [0, 0.1) is 0 Å². The van der Waals surface area contributed by atoms with Gasteiger partial charge in [-0.1, -0.05) is 6.07 Å². The summed E-state index contributed by atoms with van der Waals surface area (Å²) in [6.07, 6.45) is 2.01. The number of aryl methyl sites for hydroxylation is 1. The molecular formula is C14H18O4. The van der Waals surface area contributed by atoms with Gasteiger partial charge >= 0.3 is 5.97 Å². The van der Waals surface area contributed by atoms with E-state index in [1.165, 1.54) is 0 Å². The minimum atomic E-state index is -1.50. The average Bonchev–Trinajstić information content (AvgIpc) is 2.38. The van der Waals surface area contributed by atoms with Crippen molar-refractivity contribution in [1.82, 2.24) is 0 Å². The van der Waals surface area contributed by atoms with Crippen LogP contribution in [0.25, 0.3) is 0 Å². The van der Waals surface area contributed by atoms with Gasteiger partial charge in [-0.3, -0.25) is 0 Å². The number of aliphatic hydroxyl groups is 1. The Hall–Kier alpha value is -1.55. The fourth-order valence-corrected chi connectivity index (χ4v) is 2.44. The summed E-state index contributed by atoms with van der Waals surface area (Å²) in [6, 6.07) is 5.39. The Morgan fingerprint density at radius 2 is 2.28 bits per heavy atom. The molecule has 0 aromatic heterocycles. The van der Waals surface area contributed by atoms with Gasteiger partial charge in [0.05, 0.1) is 13.7 Å². The highest BCUT2D eigenvalue weighted by molar-refractivity contribution is 5.82. The van der Waals surface area contributed by atoms with Crippen molar-refractivity contribution in [2.24, 2.45) is 0 Å². The summed E-state index contributed by atoms with van der Waals surface area (Å²) in [4.78, 5) is 11.9. The molecule has 18 heavy (non-hydrogen) atoms. The number of carbonyl (C=O) groups is 1. The molecule has 0 radical (unpaired) electrons. The van der Waals surface area contributed by atoms with Crippen molar-refractivity contribution in [3.63, 3.8) is 0 Å². The molecule has 1 aliphatic carbocycles. The van der Waals surface area contributed by atoms with Crippen LogP contribution in [0.1, 0.15) is 30.9 Å². The van der Waals surface area contributed by atoms with Crippen molar-refractivity contribution in [3.05, 3.63) is 29.3 Å². The summed E-state index contributed by atoms with van der Waals surface area (Å²) in [7, 11) is 1.60. The van der Waals surface area contributed by atoms with Crippen LogP contribution in [-0.4, -0.2) is 24.8 Å². The molecule has 1 aromatic rings. The number of fused-ring (bicyclic) bond motifs is 1. The van der Waals surface area contributed by atoms with E-state index < -0.39 is 11.6 Å². The van der Waals surface area contributed by atoms with E-state index in [-0.39, 0.29) is 6.61 Å². The molecule has 0 saturated heterocycles. The predicted molar refractivity (Wildman–Crippen MR) is 66.5 cm³/mol. The number of methoxy groups -OCH3 is 1. The monoisotopic (exact) mass is 250 g/mol. The first kappa shape index (κ1) is 12.9. The molecule has 1 atom stereocenters. The van der Waals surface area contributed by atoms with Gasteiger partial charge in [-0.05, 0) is 49.4 Å². The summed E-state index contributed by atoms with van der Waals surface area (Å²) in [5.74, 6) is 0.179. The summed E-state index contributed by atoms with van der Waals surface area (Å²) >= 11 is 0. The Morgan fingerprint density at radius 1 is 1.50 bits per heavy atom. The van der Waals surface area contributed by atoms with Crippen molar-refractivity contribution in [1.29, 1.82) is 0 Å². The molecule has 1 aromatic carbocycles. The smallest absolute Gasteiger partial charge is 0.342 e. The minimum Gasteiger partial charge on any atom is -0.497 e. The second kappa shape index (κ2) is 4.98. The number of benzene rings is 1. The summed E-state index contributed by atoms with van der Waals surface area (Å²) in [6.45, 7) is 2.01. The van der Waals surface area contributed by atoms with Gasteiger partial charge in [0.1, 0.15) is 5.75 Å². The van der Waals surface area contributed by atoms with Crippen LogP contribution in [0.2, 0.25) is 0 Å². The molecule has 0 amide bonds. The first-order valence-corrected chi connectivity index (χ1v) is 6.19. The van der Waals surface area contributed by atoms with Gasteiger partial charge in [0.15, 0.2) is 5.60 Å². The first-order chi connectivity index (χ1) is 8.61. The lowest BCUT2D eigenvalue weighted by molar-refractivity contribution is -0.168. The second-order valence-electron chi connectivity index (χ2n) is 4.46. The molecule has 1 N–H and O–H groups in total. The molecule has 0 aliphatic heterocycles. The quantitative estimate of drug-likeness (QED) is 0.831. The number of rotatable bonds is 3. The normalized spacial score (nSPS) is 22.2. The number of hydrogen-bond acceptors (Lipinski definition) is 4. The van der Waals surface area contributed by atoms with Crippen molar-refractivity contribution >= 4 is 5.97 Å². The van der Waals surface area contributed by atoms with E-state index in [0.717, 1.165) is 24.2 Å². The van der Waals surface area contributed by atoms with Gasteiger partial charge in [-0.25, -0.2) is 4.79 Å². The molecule has 0 heterocycles. The topological polar surface area (TPSA) is 55.8 Å². The van der Waals surface area contributed by atoms with Gasteiger partial charge in [0, 0.05) is 0 Å². The molecule has 0 saturated carbocycles. The number of carbonyl (C=O) groups excluding carboxylic acids is 1. The third-order valence-electron chi connectivity index (χ3n) is 3.36. The lowest BCUT2D eigenvalue weighted by atomic mass is 9.79. The Morgan fingerprint density at radius 3 is 2.94 bits per heavy atom. The maximum absolute atomic E-state index is 11.9. The lowest BCUT2D eigenvalue weighted by Crippen LogP contribution is -2.40. The highest BCUT2D eigenvalue weighted by atomic mass is 16.5. The fourth-order valence-electron chi connectivity index (χ4n) is 2.44. The van der Waals surface area contributed by atoms with E-state index in [2.05, 4.69) is 0 Å². The fraction of sp³-hybridized carbons (Fsp3) is 0.500. The van der Waals surface area contributed by atoms with E-state index in [9.17, 15) is 9.90 Å². The maximum Gasteiger partial charge on any atom is 0.342 e. The number of esters is 1. The van der Waals surface area contributed by atoms with Crippen molar-refractivity contribution in [2.45, 2.75) is 31.8 Å². The Balaban J connectivity index is 2.41. The molecule has 4 nitrogen and oxygen atoms in total. The van der Waals surface area contributed by atoms with Gasteiger partial charge in [0.2, 0.25) is 0 Å². The molecule has 0 spiro atoms. The zero-order chi connectivity index (χ0) is 13.2. The highest BCUT2D eigenvalue weighted by Crippen LogP contribution is 2.37. The van der Waals surface area contributed by atoms with Crippen LogP contribution in [-0.2, 0) is 21.6 Å². The lowest BCUT2D eigenvalue weighted by Gasteiger charge is -2.32. The number of ether oxygens (including phenoxy) is 2. The molecule has 1 unspecified atom stereocenters. The van der Waals surface area contributed by atoms with E-state index in [4.69, 9.17) is 9.47 Å². The standard InChI is InChI=1S/C14H18O4/c1-3-18-13(15)14(16)8-4-5-10-9-11(17-2)6-7-12(10)14/h6-7,9,16H,3-5,8H2,1-2H3. The van der Waals surface area contributed by atoms with Crippen LogP contribution in [0.3, 0.4) is 0 Å². The van der Waals surface area contributed by atoms with Crippen LogP contribution in [0.4, 0.5) is 0 Å². The minimum absolute atomic E-state index is 0.270. The number of hydrogen-bond donors (Lipinski definition) is 1. The molecule has 0 bridgehead atoms.